The van der Waals surface area contributed by atoms with Gasteiger partial charge in [0, 0.05) is 5.92 Å². The molecule has 0 spiro atoms. The van der Waals surface area contributed by atoms with Crippen molar-refractivity contribution in [2.24, 2.45) is 11.8 Å². The monoisotopic (exact) mass is 315 g/mol. The van der Waals surface area contributed by atoms with E-state index in [1.54, 1.807) is 26.0 Å². The second kappa shape index (κ2) is 5.68. The molecule has 1 aromatic rings. The van der Waals surface area contributed by atoms with E-state index in [2.05, 4.69) is 6.07 Å². The second-order valence-electron chi connectivity index (χ2n) is 5.20. The zero-order chi connectivity index (χ0) is 16.5. The van der Waals surface area contributed by atoms with Crippen molar-refractivity contribution in [3.63, 3.8) is 0 Å². The lowest BCUT2D eigenvalue weighted by Gasteiger charge is -2.29. The highest BCUT2D eigenvalue weighted by Crippen LogP contribution is 2.50. The van der Waals surface area contributed by atoms with Crippen LogP contribution in [0.1, 0.15) is 19.4 Å². The van der Waals surface area contributed by atoms with Gasteiger partial charge in [-0.2, -0.15) is 15.8 Å². The van der Waals surface area contributed by atoms with E-state index in [0.717, 1.165) is 0 Å². The van der Waals surface area contributed by atoms with Crippen LogP contribution in [0.2, 0.25) is 5.02 Å². The number of rotatable bonds is 1. The maximum absolute atomic E-state index is 13.3. The first-order chi connectivity index (χ1) is 10.4. The van der Waals surface area contributed by atoms with Crippen LogP contribution in [0.5, 0.6) is 0 Å². The highest BCUT2D eigenvalue weighted by Gasteiger charge is 2.50. The highest BCUT2D eigenvalue weighted by molar-refractivity contribution is 6.30. The van der Waals surface area contributed by atoms with E-state index in [1.165, 1.54) is 18.2 Å². The Balaban J connectivity index is 2.60. The highest BCUT2D eigenvalue weighted by atomic mass is 35.5. The maximum Gasteiger partial charge on any atom is 0.168 e. The molecule has 3 atom stereocenters. The van der Waals surface area contributed by atoms with Gasteiger partial charge < -0.3 is 4.74 Å². The molecular weight excluding hydrogens is 305 g/mol. The Bertz CT molecular complexity index is 768. The molecule has 2 rings (SSSR count). The number of halogens is 2. The number of benzene rings is 1. The minimum atomic E-state index is -0.980. The number of hydrogen-bond acceptors (Lipinski definition) is 4. The van der Waals surface area contributed by atoms with Crippen LogP contribution in [0.25, 0.3) is 0 Å². The second-order valence-corrected chi connectivity index (χ2v) is 5.60. The lowest BCUT2D eigenvalue weighted by atomic mass is 9.79. The first-order valence-corrected chi connectivity index (χ1v) is 6.85. The standard InChI is InChI=1S/C16H11ClFN3O/c1-9-12(8-21)15(10(6-19)7-20)22-16(9,2)11-3-4-14(18)13(17)5-11/h3-5,9,12H,1-2H3. The van der Waals surface area contributed by atoms with Gasteiger partial charge in [-0.1, -0.05) is 24.6 Å². The Morgan fingerprint density at radius 1 is 1.32 bits per heavy atom. The molecule has 22 heavy (non-hydrogen) atoms. The van der Waals surface area contributed by atoms with Gasteiger partial charge in [0.1, 0.15) is 35.2 Å². The Labute approximate surface area is 132 Å². The lowest BCUT2D eigenvalue weighted by Crippen LogP contribution is -2.28. The van der Waals surface area contributed by atoms with Crippen molar-refractivity contribution in [3.8, 4) is 18.2 Å². The molecule has 0 amide bonds. The number of nitriles is 3. The largest absolute Gasteiger partial charge is 0.483 e. The summed E-state index contributed by atoms with van der Waals surface area (Å²) in [6.07, 6.45) is 0. The van der Waals surface area contributed by atoms with E-state index in [4.69, 9.17) is 26.9 Å². The zero-order valence-electron chi connectivity index (χ0n) is 11.9. The Morgan fingerprint density at radius 3 is 2.45 bits per heavy atom. The topological polar surface area (TPSA) is 80.6 Å². The van der Waals surface area contributed by atoms with E-state index in [-0.39, 0.29) is 22.3 Å². The van der Waals surface area contributed by atoms with Crippen LogP contribution < -0.4 is 0 Å². The predicted molar refractivity (Wildman–Crippen MR) is 76.4 cm³/mol. The summed E-state index contributed by atoms with van der Waals surface area (Å²) in [5.41, 5.74) is -0.626. The van der Waals surface area contributed by atoms with Crippen molar-refractivity contribution >= 4 is 11.6 Å². The van der Waals surface area contributed by atoms with Crippen molar-refractivity contribution in [2.45, 2.75) is 19.4 Å². The summed E-state index contributed by atoms with van der Waals surface area (Å²) in [7, 11) is 0. The molecule has 4 nitrogen and oxygen atoms in total. The number of nitrogens with zero attached hydrogens (tertiary/aromatic N) is 3. The first kappa shape index (κ1) is 15.8. The SMILES string of the molecule is CC1C(C#N)C(=C(C#N)C#N)OC1(C)c1ccc(F)c(Cl)c1. The van der Waals surface area contributed by atoms with Crippen molar-refractivity contribution in [1.82, 2.24) is 0 Å². The van der Waals surface area contributed by atoms with Gasteiger partial charge in [-0.05, 0) is 24.6 Å². The molecule has 1 aromatic carbocycles. The van der Waals surface area contributed by atoms with Gasteiger partial charge in [0.05, 0.1) is 11.1 Å². The van der Waals surface area contributed by atoms with Crippen LogP contribution in [-0.2, 0) is 10.3 Å². The minimum Gasteiger partial charge on any atom is -0.483 e. The van der Waals surface area contributed by atoms with Gasteiger partial charge in [0.2, 0.25) is 0 Å². The fraction of sp³-hybridized carbons (Fsp3) is 0.312. The average Bonchev–Trinajstić information content (AvgIpc) is 2.76. The van der Waals surface area contributed by atoms with Gasteiger partial charge >= 0.3 is 0 Å². The van der Waals surface area contributed by atoms with Crippen LogP contribution in [0.4, 0.5) is 4.39 Å². The lowest BCUT2D eigenvalue weighted by molar-refractivity contribution is 0.0244. The van der Waals surface area contributed by atoms with Crippen molar-refractivity contribution in [3.05, 3.63) is 45.9 Å². The summed E-state index contributed by atoms with van der Waals surface area (Å²) in [4.78, 5) is 0. The summed E-state index contributed by atoms with van der Waals surface area (Å²) >= 11 is 5.81. The van der Waals surface area contributed by atoms with Crippen molar-refractivity contribution in [1.29, 1.82) is 15.8 Å². The zero-order valence-corrected chi connectivity index (χ0v) is 12.6. The van der Waals surface area contributed by atoms with Crippen LogP contribution >= 0.6 is 11.6 Å². The third-order valence-corrected chi connectivity index (χ3v) is 4.36. The summed E-state index contributed by atoms with van der Waals surface area (Å²) in [6, 6.07) is 9.74. The maximum atomic E-state index is 13.3. The normalized spacial score (nSPS) is 26.5. The van der Waals surface area contributed by atoms with Crippen LogP contribution in [0.15, 0.2) is 29.5 Å². The molecule has 1 fully saturated rings. The fourth-order valence-corrected chi connectivity index (χ4v) is 2.75. The van der Waals surface area contributed by atoms with Crippen LogP contribution in [0.3, 0.4) is 0 Å². The van der Waals surface area contributed by atoms with Gasteiger partial charge in [-0.3, -0.25) is 0 Å². The van der Waals surface area contributed by atoms with Gasteiger partial charge in [0.15, 0.2) is 5.57 Å². The third kappa shape index (κ3) is 2.29. The van der Waals surface area contributed by atoms with E-state index in [0.29, 0.717) is 5.56 Å². The fourth-order valence-electron chi connectivity index (χ4n) is 2.57. The van der Waals surface area contributed by atoms with Crippen LogP contribution in [0, 0.1) is 51.6 Å². The van der Waals surface area contributed by atoms with Gasteiger partial charge in [-0.25, -0.2) is 4.39 Å². The van der Waals surface area contributed by atoms with Gasteiger partial charge in [0.25, 0.3) is 0 Å². The number of hydrogen-bond donors (Lipinski definition) is 0. The number of allylic oxidation sites excluding steroid dienone is 2. The van der Waals surface area contributed by atoms with E-state index < -0.39 is 17.3 Å². The Kier molecular flexibility index (Phi) is 4.09. The van der Waals surface area contributed by atoms with Gasteiger partial charge in [-0.15, -0.1) is 0 Å². The van der Waals surface area contributed by atoms with E-state index in [1.807, 2.05) is 0 Å². The summed E-state index contributed by atoms with van der Waals surface area (Å²) < 4.78 is 19.2. The Hall–Kier alpha value is -2.55. The molecule has 0 bridgehead atoms. The van der Waals surface area contributed by atoms with E-state index in [9.17, 15) is 9.65 Å². The Morgan fingerprint density at radius 2 is 1.95 bits per heavy atom. The average molecular weight is 316 g/mol. The molecule has 3 unspecified atom stereocenters. The van der Waals surface area contributed by atoms with Crippen molar-refractivity contribution in [2.75, 3.05) is 0 Å². The summed E-state index contributed by atoms with van der Waals surface area (Å²) in [5.74, 6) is -1.57. The summed E-state index contributed by atoms with van der Waals surface area (Å²) in [5, 5.41) is 27.3. The molecule has 1 heterocycles. The molecule has 1 aliphatic rings. The third-order valence-electron chi connectivity index (χ3n) is 4.08. The molecule has 0 saturated carbocycles. The molecule has 0 N–H and O–H groups in total. The van der Waals surface area contributed by atoms with E-state index >= 15 is 0 Å². The minimum absolute atomic E-state index is 0.0544. The predicted octanol–water partition coefficient (Wildman–Crippen LogP) is 3.80. The smallest absolute Gasteiger partial charge is 0.168 e. The first-order valence-electron chi connectivity index (χ1n) is 6.47. The molecule has 0 aromatic heterocycles. The summed E-state index contributed by atoms with van der Waals surface area (Å²) in [6.45, 7) is 3.51. The molecule has 6 heteroatoms. The molecular formula is C16H11ClFN3O. The quantitative estimate of drug-likeness (QED) is 0.738. The molecule has 1 saturated heterocycles. The number of ether oxygens (including phenoxy) is 1. The van der Waals surface area contributed by atoms with Crippen LogP contribution in [-0.4, -0.2) is 0 Å². The molecule has 110 valence electrons. The molecule has 0 aliphatic carbocycles. The molecule has 1 aliphatic heterocycles. The van der Waals surface area contributed by atoms with Crippen molar-refractivity contribution < 1.29 is 9.13 Å². The molecule has 0 radical (unpaired) electrons.